The van der Waals surface area contributed by atoms with Gasteiger partial charge in [0.2, 0.25) is 0 Å². The summed E-state index contributed by atoms with van der Waals surface area (Å²) < 4.78 is 10.7. The van der Waals surface area contributed by atoms with E-state index in [1.54, 1.807) is 19.1 Å². The standard InChI is InChI=1S/C22H27N3O4/c1-4-28-21(26)18-16(24-22(27)25-20(18)17-11-8-12-29-17)13-23-19(14(2)3)15-9-6-5-7-10-15/h5-12,14,19-20,23H,4,13H2,1-3H3,(H2,24,25,27)/t19-,20+/m1/s1. The molecule has 3 rings (SSSR count). The fourth-order valence-corrected chi connectivity index (χ4v) is 3.49. The highest BCUT2D eigenvalue weighted by atomic mass is 16.5. The number of furan rings is 1. The van der Waals surface area contributed by atoms with Crippen LogP contribution in [0.3, 0.4) is 0 Å². The summed E-state index contributed by atoms with van der Waals surface area (Å²) >= 11 is 0. The molecule has 1 aliphatic heterocycles. The minimum atomic E-state index is -0.705. The number of rotatable bonds is 8. The highest BCUT2D eigenvalue weighted by Gasteiger charge is 2.35. The number of carbonyl (C=O) groups excluding carboxylic acids is 2. The Morgan fingerprint density at radius 1 is 1.21 bits per heavy atom. The van der Waals surface area contributed by atoms with Crippen LogP contribution in [0.4, 0.5) is 4.79 Å². The van der Waals surface area contributed by atoms with Gasteiger partial charge in [-0.25, -0.2) is 9.59 Å². The minimum absolute atomic E-state index is 0.0565. The van der Waals surface area contributed by atoms with E-state index < -0.39 is 18.0 Å². The first kappa shape index (κ1) is 20.7. The lowest BCUT2D eigenvalue weighted by molar-refractivity contribution is -0.139. The molecule has 0 bridgehead atoms. The van der Waals surface area contributed by atoms with Crippen molar-refractivity contribution in [3.63, 3.8) is 0 Å². The van der Waals surface area contributed by atoms with E-state index in [0.717, 1.165) is 5.56 Å². The van der Waals surface area contributed by atoms with Gasteiger partial charge < -0.3 is 25.1 Å². The van der Waals surface area contributed by atoms with Gasteiger partial charge in [-0.2, -0.15) is 0 Å². The highest BCUT2D eigenvalue weighted by molar-refractivity contribution is 5.95. The van der Waals surface area contributed by atoms with Crippen molar-refractivity contribution in [3.8, 4) is 0 Å². The Balaban J connectivity index is 1.92. The molecule has 1 aromatic heterocycles. The molecule has 2 aromatic rings. The number of esters is 1. The lowest BCUT2D eigenvalue weighted by Crippen LogP contribution is -2.48. The van der Waals surface area contributed by atoms with Crippen molar-refractivity contribution in [1.82, 2.24) is 16.0 Å². The molecule has 3 N–H and O–H groups in total. The van der Waals surface area contributed by atoms with E-state index in [2.05, 4.69) is 41.9 Å². The summed E-state index contributed by atoms with van der Waals surface area (Å²) in [6.45, 7) is 6.53. The second-order valence-electron chi connectivity index (χ2n) is 7.17. The first-order valence-electron chi connectivity index (χ1n) is 9.80. The van der Waals surface area contributed by atoms with Gasteiger partial charge in [0.1, 0.15) is 11.8 Å². The molecule has 29 heavy (non-hydrogen) atoms. The van der Waals surface area contributed by atoms with Gasteiger partial charge in [0, 0.05) is 18.3 Å². The average molecular weight is 397 g/mol. The molecule has 1 aliphatic rings. The molecule has 154 valence electrons. The van der Waals surface area contributed by atoms with Gasteiger partial charge in [-0.05, 0) is 30.5 Å². The molecular weight excluding hydrogens is 370 g/mol. The number of ether oxygens (including phenoxy) is 1. The quantitative estimate of drug-likeness (QED) is 0.594. The first-order chi connectivity index (χ1) is 14.0. The zero-order chi connectivity index (χ0) is 20.8. The van der Waals surface area contributed by atoms with Crippen molar-refractivity contribution in [2.75, 3.05) is 13.2 Å². The van der Waals surface area contributed by atoms with Crippen LogP contribution >= 0.6 is 0 Å². The number of nitrogens with one attached hydrogen (secondary N) is 3. The summed E-state index contributed by atoms with van der Waals surface area (Å²) in [5, 5.41) is 9.00. The van der Waals surface area contributed by atoms with Crippen LogP contribution in [0.2, 0.25) is 0 Å². The molecule has 0 saturated heterocycles. The van der Waals surface area contributed by atoms with Crippen molar-refractivity contribution in [1.29, 1.82) is 0 Å². The number of benzene rings is 1. The van der Waals surface area contributed by atoms with E-state index in [-0.39, 0.29) is 12.6 Å². The SMILES string of the molecule is CCOC(=O)C1=C(CN[C@@H](c2ccccc2)C(C)C)NC(=O)N[C@H]1c1ccco1. The number of hydrogen-bond acceptors (Lipinski definition) is 5. The highest BCUT2D eigenvalue weighted by Crippen LogP contribution is 2.29. The lowest BCUT2D eigenvalue weighted by Gasteiger charge is -2.30. The summed E-state index contributed by atoms with van der Waals surface area (Å²) in [6.07, 6.45) is 1.51. The molecule has 0 saturated carbocycles. The van der Waals surface area contributed by atoms with Crippen LogP contribution in [-0.2, 0) is 9.53 Å². The Labute approximate surface area is 170 Å². The van der Waals surface area contributed by atoms with Crippen molar-refractivity contribution in [2.45, 2.75) is 32.9 Å². The van der Waals surface area contributed by atoms with Crippen molar-refractivity contribution < 1.29 is 18.7 Å². The molecular formula is C22H27N3O4. The Hall–Kier alpha value is -3.06. The fraction of sp³-hybridized carbons (Fsp3) is 0.364. The third kappa shape index (κ3) is 4.86. The lowest BCUT2D eigenvalue weighted by atomic mass is 9.95. The largest absolute Gasteiger partial charge is 0.467 e. The van der Waals surface area contributed by atoms with E-state index in [0.29, 0.717) is 29.5 Å². The van der Waals surface area contributed by atoms with Gasteiger partial charge in [0.15, 0.2) is 0 Å². The molecule has 2 atom stereocenters. The molecule has 0 fully saturated rings. The normalized spacial score (nSPS) is 17.7. The summed E-state index contributed by atoms with van der Waals surface area (Å²) in [5.41, 5.74) is 1.96. The summed E-state index contributed by atoms with van der Waals surface area (Å²) in [6, 6.07) is 12.5. The van der Waals surface area contributed by atoms with E-state index in [4.69, 9.17) is 9.15 Å². The molecule has 2 heterocycles. The van der Waals surface area contributed by atoms with Crippen LogP contribution in [0.1, 0.15) is 44.2 Å². The monoisotopic (exact) mass is 397 g/mol. The number of urea groups is 1. The summed E-state index contributed by atoms with van der Waals surface area (Å²) in [7, 11) is 0. The van der Waals surface area contributed by atoms with Crippen LogP contribution in [0, 0.1) is 5.92 Å². The van der Waals surface area contributed by atoms with Crippen molar-refractivity contribution in [2.24, 2.45) is 5.92 Å². The Bertz CT molecular complexity index is 859. The molecule has 0 aliphatic carbocycles. The van der Waals surface area contributed by atoms with Gasteiger partial charge in [0.05, 0.1) is 18.4 Å². The molecule has 2 amide bonds. The van der Waals surface area contributed by atoms with Crippen LogP contribution in [0.25, 0.3) is 0 Å². The number of carbonyl (C=O) groups is 2. The third-order valence-electron chi connectivity index (χ3n) is 4.80. The van der Waals surface area contributed by atoms with E-state index in [1.165, 1.54) is 6.26 Å². The predicted molar refractivity (Wildman–Crippen MR) is 109 cm³/mol. The van der Waals surface area contributed by atoms with Crippen LogP contribution in [0.5, 0.6) is 0 Å². The Morgan fingerprint density at radius 2 is 1.97 bits per heavy atom. The van der Waals surface area contributed by atoms with Crippen molar-refractivity contribution >= 4 is 12.0 Å². The Morgan fingerprint density at radius 3 is 2.59 bits per heavy atom. The second-order valence-corrected chi connectivity index (χ2v) is 7.17. The predicted octanol–water partition coefficient (Wildman–Crippen LogP) is 3.44. The minimum Gasteiger partial charge on any atom is -0.467 e. The fourth-order valence-electron chi connectivity index (χ4n) is 3.49. The Kier molecular flexibility index (Phi) is 6.72. The van der Waals surface area contributed by atoms with Gasteiger partial charge in [-0.1, -0.05) is 44.2 Å². The smallest absolute Gasteiger partial charge is 0.338 e. The van der Waals surface area contributed by atoms with Gasteiger partial charge in [-0.15, -0.1) is 0 Å². The maximum absolute atomic E-state index is 12.7. The molecule has 1 aromatic carbocycles. The zero-order valence-corrected chi connectivity index (χ0v) is 16.9. The third-order valence-corrected chi connectivity index (χ3v) is 4.80. The molecule has 7 nitrogen and oxygen atoms in total. The van der Waals surface area contributed by atoms with Gasteiger partial charge >= 0.3 is 12.0 Å². The van der Waals surface area contributed by atoms with E-state index in [1.807, 2.05) is 18.2 Å². The summed E-state index contributed by atoms with van der Waals surface area (Å²) in [5.74, 6) is 0.296. The summed E-state index contributed by atoms with van der Waals surface area (Å²) in [4.78, 5) is 25.0. The van der Waals surface area contributed by atoms with Crippen LogP contribution in [-0.4, -0.2) is 25.2 Å². The number of hydrogen-bond donors (Lipinski definition) is 3. The van der Waals surface area contributed by atoms with Crippen LogP contribution in [0.15, 0.2) is 64.4 Å². The maximum Gasteiger partial charge on any atom is 0.338 e. The molecule has 0 spiro atoms. The first-order valence-corrected chi connectivity index (χ1v) is 9.80. The van der Waals surface area contributed by atoms with Gasteiger partial charge in [-0.3, -0.25) is 0 Å². The zero-order valence-electron chi connectivity index (χ0n) is 16.9. The topological polar surface area (TPSA) is 92.6 Å². The molecule has 7 heteroatoms. The number of amides is 2. The molecule has 0 unspecified atom stereocenters. The average Bonchev–Trinajstić information content (AvgIpc) is 3.23. The van der Waals surface area contributed by atoms with Gasteiger partial charge in [0.25, 0.3) is 0 Å². The van der Waals surface area contributed by atoms with E-state index in [9.17, 15) is 9.59 Å². The molecule has 0 radical (unpaired) electrons. The maximum atomic E-state index is 12.7. The van der Waals surface area contributed by atoms with Crippen molar-refractivity contribution in [3.05, 3.63) is 71.3 Å². The second kappa shape index (κ2) is 9.43. The van der Waals surface area contributed by atoms with E-state index >= 15 is 0 Å². The van der Waals surface area contributed by atoms with Crippen LogP contribution < -0.4 is 16.0 Å².